The Morgan fingerprint density at radius 3 is 2.64 bits per heavy atom. The smallest absolute Gasteiger partial charge is 0.137 e. The summed E-state index contributed by atoms with van der Waals surface area (Å²) >= 11 is 0. The minimum atomic E-state index is 0.471. The molecule has 22 heavy (non-hydrogen) atoms. The zero-order valence-electron chi connectivity index (χ0n) is 13.2. The van der Waals surface area contributed by atoms with Crippen molar-refractivity contribution in [1.29, 1.82) is 5.26 Å². The molecule has 1 fully saturated rings. The highest BCUT2D eigenvalue weighted by atomic mass is 15.0. The highest BCUT2D eigenvalue weighted by molar-refractivity contribution is 5.89. The molecule has 1 heterocycles. The quantitative estimate of drug-likeness (QED) is 0.924. The van der Waals surface area contributed by atoms with E-state index in [-0.39, 0.29) is 0 Å². The van der Waals surface area contributed by atoms with Crippen LogP contribution < -0.4 is 5.32 Å². The molecule has 1 aliphatic carbocycles. The third-order valence-electron chi connectivity index (χ3n) is 4.82. The summed E-state index contributed by atoms with van der Waals surface area (Å²) in [6.45, 7) is 4.64. The van der Waals surface area contributed by atoms with Gasteiger partial charge < -0.3 is 5.32 Å². The molecule has 4 heteroatoms. The highest BCUT2D eigenvalue weighted by Gasteiger charge is 2.23. The maximum atomic E-state index is 9.08. The number of aromatic nitrogens is 2. The van der Waals surface area contributed by atoms with Crippen LogP contribution in [0.15, 0.2) is 24.5 Å². The molecule has 0 radical (unpaired) electrons. The zero-order chi connectivity index (χ0) is 15.5. The number of nitriles is 1. The molecule has 1 aromatic heterocycles. The molecular weight excluding hydrogens is 272 g/mol. The van der Waals surface area contributed by atoms with E-state index in [2.05, 4.69) is 35.2 Å². The van der Waals surface area contributed by atoms with Gasteiger partial charge in [0.1, 0.15) is 12.1 Å². The second-order valence-electron chi connectivity index (χ2n) is 6.57. The molecule has 114 valence electrons. The summed E-state index contributed by atoms with van der Waals surface area (Å²) in [6.07, 6.45) is 6.53. The van der Waals surface area contributed by atoms with Crippen molar-refractivity contribution < 1.29 is 0 Å². The number of benzene rings is 1. The van der Waals surface area contributed by atoms with E-state index < -0.39 is 0 Å². The zero-order valence-corrected chi connectivity index (χ0v) is 13.2. The average Bonchev–Trinajstić information content (AvgIpc) is 2.55. The van der Waals surface area contributed by atoms with Crippen molar-refractivity contribution in [3.63, 3.8) is 0 Å². The lowest BCUT2D eigenvalue weighted by atomic mass is 9.80. The predicted octanol–water partition coefficient (Wildman–Crippen LogP) is 4.13. The van der Waals surface area contributed by atoms with Gasteiger partial charge in [0.2, 0.25) is 0 Å². The third kappa shape index (κ3) is 3.04. The maximum absolute atomic E-state index is 9.08. The number of hydrogen-bond acceptors (Lipinski definition) is 4. The van der Waals surface area contributed by atoms with Crippen molar-refractivity contribution in [2.24, 2.45) is 11.8 Å². The number of fused-ring (bicyclic) bond motifs is 1. The Balaban J connectivity index is 1.78. The Kier molecular flexibility index (Phi) is 4.24. The number of nitrogens with zero attached hydrogens (tertiary/aromatic N) is 3. The van der Waals surface area contributed by atoms with E-state index in [9.17, 15) is 0 Å². The SMILES string of the molecule is CC(C)[C@H]1CC[C@H](Nc2ncnc3ccc(C#N)cc23)CC1. The maximum Gasteiger partial charge on any atom is 0.137 e. The number of hydrogen-bond donors (Lipinski definition) is 1. The predicted molar refractivity (Wildman–Crippen MR) is 88.5 cm³/mol. The van der Waals surface area contributed by atoms with Crippen molar-refractivity contribution in [3.8, 4) is 6.07 Å². The fourth-order valence-electron chi connectivity index (χ4n) is 3.36. The van der Waals surface area contributed by atoms with Crippen LogP contribution in [0, 0.1) is 23.2 Å². The molecule has 1 aromatic carbocycles. The lowest BCUT2D eigenvalue weighted by Gasteiger charge is -2.31. The van der Waals surface area contributed by atoms with E-state index in [0.717, 1.165) is 28.6 Å². The molecule has 0 bridgehead atoms. The normalized spacial score (nSPS) is 21.7. The van der Waals surface area contributed by atoms with Crippen LogP contribution in [-0.2, 0) is 0 Å². The van der Waals surface area contributed by atoms with E-state index >= 15 is 0 Å². The first kappa shape index (κ1) is 14.8. The van der Waals surface area contributed by atoms with Gasteiger partial charge in [-0.05, 0) is 55.7 Å². The second-order valence-corrected chi connectivity index (χ2v) is 6.57. The van der Waals surface area contributed by atoms with Gasteiger partial charge >= 0.3 is 0 Å². The van der Waals surface area contributed by atoms with Gasteiger partial charge in [-0.15, -0.1) is 0 Å². The molecule has 0 atom stereocenters. The van der Waals surface area contributed by atoms with Crippen LogP contribution in [0.3, 0.4) is 0 Å². The van der Waals surface area contributed by atoms with Crippen LogP contribution in [0.2, 0.25) is 0 Å². The second kappa shape index (κ2) is 6.31. The van der Waals surface area contributed by atoms with Gasteiger partial charge in [0.25, 0.3) is 0 Å². The average molecular weight is 294 g/mol. The van der Waals surface area contributed by atoms with E-state index in [1.807, 2.05) is 12.1 Å². The van der Waals surface area contributed by atoms with Gasteiger partial charge in [-0.3, -0.25) is 0 Å². The van der Waals surface area contributed by atoms with Crippen LogP contribution >= 0.6 is 0 Å². The first-order chi connectivity index (χ1) is 10.7. The third-order valence-corrected chi connectivity index (χ3v) is 4.82. The summed E-state index contributed by atoms with van der Waals surface area (Å²) in [7, 11) is 0. The fraction of sp³-hybridized carbons (Fsp3) is 0.500. The largest absolute Gasteiger partial charge is 0.367 e. The van der Waals surface area contributed by atoms with Gasteiger partial charge in [-0.1, -0.05) is 13.8 Å². The van der Waals surface area contributed by atoms with Gasteiger partial charge in [-0.2, -0.15) is 5.26 Å². The Bertz CT molecular complexity index is 694. The van der Waals surface area contributed by atoms with Crippen molar-refractivity contribution in [1.82, 2.24) is 9.97 Å². The van der Waals surface area contributed by atoms with Gasteiger partial charge in [0.05, 0.1) is 17.1 Å². The van der Waals surface area contributed by atoms with Gasteiger partial charge in [-0.25, -0.2) is 9.97 Å². The molecule has 0 spiro atoms. The number of rotatable bonds is 3. The van der Waals surface area contributed by atoms with Crippen LogP contribution in [0.4, 0.5) is 5.82 Å². The van der Waals surface area contributed by atoms with Gasteiger partial charge in [0.15, 0.2) is 0 Å². The van der Waals surface area contributed by atoms with Gasteiger partial charge in [0, 0.05) is 11.4 Å². The standard InChI is InChI=1S/C18H22N4/c1-12(2)14-4-6-15(7-5-14)22-18-16-9-13(10-19)3-8-17(16)20-11-21-18/h3,8-9,11-12,14-15H,4-7H2,1-2H3,(H,20,21,22)/t14-,15-. The summed E-state index contributed by atoms with van der Waals surface area (Å²) in [4.78, 5) is 8.68. The summed E-state index contributed by atoms with van der Waals surface area (Å²) in [6, 6.07) is 8.21. The minimum Gasteiger partial charge on any atom is -0.367 e. The molecule has 1 saturated carbocycles. The molecule has 1 N–H and O–H groups in total. The van der Waals surface area contributed by atoms with E-state index in [1.54, 1.807) is 12.4 Å². The van der Waals surface area contributed by atoms with E-state index in [4.69, 9.17) is 5.26 Å². The van der Waals surface area contributed by atoms with Crippen LogP contribution in [0.5, 0.6) is 0 Å². The molecule has 3 rings (SSSR count). The fourth-order valence-corrected chi connectivity index (χ4v) is 3.36. The summed E-state index contributed by atoms with van der Waals surface area (Å²) in [5.74, 6) is 2.49. The molecule has 0 saturated heterocycles. The van der Waals surface area contributed by atoms with Crippen molar-refractivity contribution >= 4 is 16.7 Å². The summed E-state index contributed by atoms with van der Waals surface area (Å²) in [5, 5.41) is 13.6. The summed E-state index contributed by atoms with van der Waals surface area (Å²) < 4.78 is 0. The molecule has 1 aliphatic rings. The van der Waals surface area contributed by atoms with E-state index in [1.165, 1.54) is 25.7 Å². The van der Waals surface area contributed by atoms with Crippen molar-refractivity contribution in [2.45, 2.75) is 45.6 Å². The molecule has 0 aliphatic heterocycles. The lowest BCUT2D eigenvalue weighted by Crippen LogP contribution is -2.28. The highest BCUT2D eigenvalue weighted by Crippen LogP contribution is 2.32. The lowest BCUT2D eigenvalue weighted by molar-refractivity contribution is 0.267. The Labute approximate surface area is 131 Å². The molecule has 0 unspecified atom stereocenters. The number of anilines is 1. The van der Waals surface area contributed by atoms with Crippen LogP contribution in [0.1, 0.15) is 45.1 Å². The molecular formula is C18H22N4. The molecule has 4 nitrogen and oxygen atoms in total. The van der Waals surface area contributed by atoms with Crippen LogP contribution in [-0.4, -0.2) is 16.0 Å². The van der Waals surface area contributed by atoms with Crippen LogP contribution in [0.25, 0.3) is 10.9 Å². The van der Waals surface area contributed by atoms with E-state index in [0.29, 0.717) is 11.6 Å². The van der Waals surface area contributed by atoms with Crippen molar-refractivity contribution in [2.75, 3.05) is 5.32 Å². The first-order valence-electron chi connectivity index (χ1n) is 8.08. The summed E-state index contributed by atoms with van der Waals surface area (Å²) in [5.41, 5.74) is 1.53. The molecule has 2 aromatic rings. The van der Waals surface area contributed by atoms with Crippen molar-refractivity contribution in [3.05, 3.63) is 30.1 Å². The topological polar surface area (TPSA) is 61.6 Å². The Morgan fingerprint density at radius 2 is 1.95 bits per heavy atom. The minimum absolute atomic E-state index is 0.471. The first-order valence-corrected chi connectivity index (χ1v) is 8.08. The Morgan fingerprint density at radius 1 is 1.18 bits per heavy atom. The monoisotopic (exact) mass is 294 g/mol. The number of nitrogens with one attached hydrogen (secondary N) is 1. The Hall–Kier alpha value is -2.15. The molecule has 0 amide bonds.